The van der Waals surface area contributed by atoms with Crippen molar-refractivity contribution in [1.29, 1.82) is 0 Å². The number of nitrogens with zero attached hydrogens (tertiary/aromatic N) is 3. The number of nitrogens with one attached hydrogen (secondary N) is 1. The largest absolute Gasteiger partial charge is 0.328 e. The van der Waals surface area contributed by atoms with Gasteiger partial charge in [-0.2, -0.15) is 11.8 Å². The fourth-order valence-corrected chi connectivity index (χ4v) is 6.28. The number of allylic oxidation sites excluding steroid dienone is 2. The van der Waals surface area contributed by atoms with Gasteiger partial charge in [0.15, 0.2) is 10.8 Å². The predicted molar refractivity (Wildman–Crippen MR) is 151 cm³/mol. The highest BCUT2D eigenvalue weighted by Gasteiger charge is 2.22. The lowest BCUT2D eigenvalue weighted by Gasteiger charge is -2.22. The van der Waals surface area contributed by atoms with E-state index in [0.717, 1.165) is 53.9 Å². The van der Waals surface area contributed by atoms with Crippen LogP contribution < -0.4 is 5.32 Å². The molecule has 34 heavy (non-hydrogen) atoms. The highest BCUT2D eigenvalue weighted by molar-refractivity contribution is 7.99. The molecule has 2 aromatic rings. The van der Waals surface area contributed by atoms with Crippen molar-refractivity contribution in [2.45, 2.75) is 79.3 Å². The lowest BCUT2D eigenvalue weighted by Crippen LogP contribution is -2.19. The third kappa shape index (κ3) is 8.15. The Hall–Kier alpha value is -1.81. The molecular formula is C28H42N4S2. The predicted octanol–water partition coefficient (Wildman–Crippen LogP) is 7.44. The van der Waals surface area contributed by atoms with Crippen LogP contribution in [0.3, 0.4) is 0 Å². The number of imidazole rings is 1. The summed E-state index contributed by atoms with van der Waals surface area (Å²) in [5, 5.41) is 6.72. The second-order valence-electron chi connectivity index (χ2n) is 8.76. The van der Waals surface area contributed by atoms with Gasteiger partial charge in [0.2, 0.25) is 0 Å². The minimum Gasteiger partial charge on any atom is -0.328 e. The van der Waals surface area contributed by atoms with E-state index in [9.17, 15) is 0 Å². The maximum atomic E-state index is 5.06. The minimum absolute atomic E-state index is 0.109. The molecule has 3 rings (SSSR count). The van der Waals surface area contributed by atoms with Gasteiger partial charge in [0.25, 0.3) is 0 Å². The molecule has 0 spiro atoms. The normalized spacial score (nSPS) is 16.0. The molecule has 0 bridgehead atoms. The fourth-order valence-electron chi connectivity index (χ4n) is 4.23. The molecule has 0 saturated carbocycles. The zero-order valence-electron chi connectivity index (χ0n) is 21.9. The average molecular weight is 499 g/mol. The second kappa shape index (κ2) is 15.2. The topological polar surface area (TPSA) is 42.7 Å². The Morgan fingerprint density at radius 3 is 2.62 bits per heavy atom. The summed E-state index contributed by atoms with van der Waals surface area (Å²) in [6, 6.07) is 0.109. The van der Waals surface area contributed by atoms with E-state index < -0.39 is 0 Å². The monoisotopic (exact) mass is 498 g/mol. The third-order valence-corrected chi connectivity index (χ3v) is 7.87. The van der Waals surface area contributed by atoms with Gasteiger partial charge in [-0.25, -0.2) is 9.97 Å². The summed E-state index contributed by atoms with van der Waals surface area (Å²) in [5.74, 6) is 6.79. The van der Waals surface area contributed by atoms with Crippen molar-refractivity contribution in [1.82, 2.24) is 19.9 Å². The number of aryl methyl sites for hydroxylation is 1. The van der Waals surface area contributed by atoms with E-state index in [-0.39, 0.29) is 6.04 Å². The summed E-state index contributed by atoms with van der Waals surface area (Å²) in [5.41, 5.74) is 4.92. The Labute approximate surface area is 215 Å². The van der Waals surface area contributed by atoms with Crippen LogP contribution in [0, 0.1) is 25.2 Å². The van der Waals surface area contributed by atoms with Crippen LogP contribution in [0.2, 0.25) is 0 Å². The van der Waals surface area contributed by atoms with Crippen molar-refractivity contribution in [3.8, 4) is 23.2 Å². The van der Waals surface area contributed by atoms with Crippen molar-refractivity contribution in [3.63, 3.8) is 0 Å². The second-order valence-corrected chi connectivity index (χ2v) is 10.8. The number of hydrogen-bond acceptors (Lipinski definition) is 5. The summed E-state index contributed by atoms with van der Waals surface area (Å²) in [6.07, 6.45) is 17.1. The van der Waals surface area contributed by atoms with Gasteiger partial charge in [-0.15, -0.1) is 23.7 Å². The molecule has 2 aromatic heterocycles. The van der Waals surface area contributed by atoms with Crippen molar-refractivity contribution >= 4 is 23.1 Å². The summed E-state index contributed by atoms with van der Waals surface area (Å²) in [7, 11) is 2.03. The van der Waals surface area contributed by atoms with E-state index in [1.165, 1.54) is 35.5 Å². The molecular weight excluding hydrogens is 456 g/mol. The molecule has 1 saturated heterocycles. The van der Waals surface area contributed by atoms with Gasteiger partial charge in [0.05, 0.1) is 17.4 Å². The van der Waals surface area contributed by atoms with Gasteiger partial charge in [-0.3, -0.25) is 0 Å². The fraction of sp³-hybridized carbons (Fsp3) is 0.571. The molecule has 1 N–H and O–H groups in total. The standard InChI is InChI=1S/C24H36N4S2.C4H6/c1-6-8-17(3)20(9-7-2)22(25-5)21-16-30-24(27-21)23-26-18(4)14-28(23)15-19-10-12-29-13-11-19;1-3-4-2/h7,9,14,16,19,22,25H,6,8,10-13,15H2,1-5H3;1H,4H2,2H3/b9-7-,20-17-;. The molecule has 1 unspecified atom stereocenters. The molecule has 4 nitrogen and oxygen atoms in total. The van der Waals surface area contributed by atoms with Gasteiger partial charge in [0.1, 0.15) is 0 Å². The first-order valence-electron chi connectivity index (χ1n) is 12.5. The molecule has 0 aromatic carbocycles. The first-order chi connectivity index (χ1) is 16.5. The van der Waals surface area contributed by atoms with Crippen LogP contribution in [0.4, 0.5) is 0 Å². The van der Waals surface area contributed by atoms with E-state index in [4.69, 9.17) is 16.4 Å². The van der Waals surface area contributed by atoms with E-state index in [1.54, 1.807) is 11.3 Å². The van der Waals surface area contributed by atoms with E-state index in [0.29, 0.717) is 0 Å². The summed E-state index contributed by atoms with van der Waals surface area (Å²) < 4.78 is 2.35. The van der Waals surface area contributed by atoms with Gasteiger partial charge >= 0.3 is 0 Å². The van der Waals surface area contributed by atoms with Crippen molar-refractivity contribution in [3.05, 3.63) is 46.3 Å². The van der Waals surface area contributed by atoms with Crippen LogP contribution in [-0.4, -0.2) is 33.1 Å². The smallest absolute Gasteiger partial charge is 0.169 e. The van der Waals surface area contributed by atoms with E-state index >= 15 is 0 Å². The average Bonchev–Trinajstić information content (AvgIpc) is 3.46. The molecule has 1 aliphatic heterocycles. The van der Waals surface area contributed by atoms with Gasteiger partial charge in [-0.1, -0.05) is 38.0 Å². The Morgan fingerprint density at radius 2 is 2.03 bits per heavy atom. The quantitative estimate of drug-likeness (QED) is 0.288. The molecule has 0 radical (unpaired) electrons. The van der Waals surface area contributed by atoms with Crippen molar-refractivity contribution < 1.29 is 0 Å². The number of aromatic nitrogens is 3. The maximum Gasteiger partial charge on any atom is 0.169 e. The van der Waals surface area contributed by atoms with E-state index in [2.05, 4.69) is 79.0 Å². The van der Waals surface area contributed by atoms with Crippen molar-refractivity contribution in [2.24, 2.45) is 5.92 Å². The third-order valence-electron chi connectivity index (χ3n) is 5.97. The lowest BCUT2D eigenvalue weighted by atomic mass is 9.96. The number of thioether (sulfide) groups is 1. The Bertz CT molecular complexity index is 971. The van der Waals surface area contributed by atoms with Gasteiger partial charge < -0.3 is 9.88 Å². The molecule has 0 amide bonds. The molecule has 0 aliphatic carbocycles. The summed E-state index contributed by atoms with van der Waals surface area (Å²) in [4.78, 5) is 9.91. The molecule has 1 atom stereocenters. The zero-order chi connectivity index (χ0) is 24.9. The SMILES string of the molecule is C#CCC.C/C=C\C(=C(/C)CCC)C(NC)c1csc(-c2nc(C)cn2CC2CCSCC2)n1. The summed E-state index contributed by atoms with van der Waals surface area (Å²) in [6.45, 7) is 11.7. The molecule has 186 valence electrons. The molecule has 1 aliphatic rings. The molecule has 1 fully saturated rings. The first kappa shape index (κ1) is 28.4. The van der Waals surface area contributed by atoms with Crippen LogP contribution in [0.5, 0.6) is 0 Å². The van der Waals surface area contributed by atoms with Gasteiger partial charge in [0, 0.05) is 24.5 Å². The lowest BCUT2D eigenvalue weighted by molar-refractivity contribution is 0.419. The summed E-state index contributed by atoms with van der Waals surface area (Å²) >= 11 is 3.80. The minimum atomic E-state index is 0.109. The molecule has 6 heteroatoms. The zero-order valence-corrected chi connectivity index (χ0v) is 23.5. The van der Waals surface area contributed by atoms with E-state index in [1.807, 2.05) is 14.0 Å². The number of rotatable bonds is 9. The molecule has 3 heterocycles. The van der Waals surface area contributed by atoms with Gasteiger partial charge in [-0.05, 0) is 70.1 Å². The van der Waals surface area contributed by atoms with Crippen LogP contribution in [0.1, 0.15) is 77.2 Å². The van der Waals surface area contributed by atoms with Crippen LogP contribution in [0.25, 0.3) is 10.8 Å². The van der Waals surface area contributed by atoms with Crippen LogP contribution in [-0.2, 0) is 6.54 Å². The van der Waals surface area contributed by atoms with Crippen LogP contribution in [0.15, 0.2) is 34.9 Å². The van der Waals surface area contributed by atoms with Crippen LogP contribution >= 0.6 is 23.1 Å². The Balaban J connectivity index is 0.000000945. The number of terminal acetylenes is 1. The number of thiazole rings is 1. The highest BCUT2D eigenvalue weighted by Crippen LogP contribution is 2.32. The van der Waals surface area contributed by atoms with Crippen molar-refractivity contribution in [2.75, 3.05) is 18.6 Å². The first-order valence-corrected chi connectivity index (χ1v) is 14.5. The highest BCUT2D eigenvalue weighted by atomic mass is 32.2. The number of likely N-dealkylation sites (N-methyl/N-ethyl adjacent to an activating group) is 1. The Morgan fingerprint density at radius 1 is 1.32 bits per heavy atom. The number of hydrogen-bond donors (Lipinski definition) is 1. The Kier molecular flexibility index (Phi) is 12.7. The maximum absolute atomic E-state index is 5.06.